The largest absolute Gasteiger partial charge is 0.493 e. The Kier molecular flexibility index (Phi) is 7.83. The maximum atomic E-state index is 11.0. The number of ether oxygens (including phenoxy) is 2. The SMILES string of the molecule is CCCNCc1cc(C)c(OCCCC(=O)OC)c(C)c1. The van der Waals surface area contributed by atoms with E-state index in [0.29, 0.717) is 19.4 Å². The fourth-order valence-corrected chi connectivity index (χ4v) is 2.27. The Labute approximate surface area is 127 Å². The number of esters is 1. The fraction of sp³-hybridized carbons (Fsp3) is 0.588. The number of nitrogens with one attached hydrogen (secondary N) is 1. The molecule has 1 aromatic carbocycles. The van der Waals surface area contributed by atoms with Gasteiger partial charge < -0.3 is 14.8 Å². The van der Waals surface area contributed by atoms with E-state index in [4.69, 9.17) is 4.74 Å². The van der Waals surface area contributed by atoms with Crippen LogP contribution in [0.3, 0.4) is 0 Å². The second-order valence-electron chi connectivity index (χ2n) is 5.26. The number of hydrogen-bond donors (Lipinski definition) is 1. The second-order valence-corrected chi connectivity index (χ2v) is 5.26. The molecule has 1 aromatic rings. The molecule has 0 unspecified atom stereocenters. The zero-order chi connectivity index (χ0) is 15.7. The first kappa shape index (κ1) is 17.5. The Morgan fingerprint density at radius 2 is 1.90 bits per heavy atom. The Morgan fingerprint density at radius 1 is 1.24 bits per heavy atom. The average Bonchev–Trinajstić information content (AvgIpc) is 2.45. The molecule has 0 saturated carbocycles. The van der Waals surface area contributed by atoms with Gasteiger partial charge in [0, 0.05) is 13.0 Å². The van der Waals surface area contributed by atoms with Crippen LogP contribution in [0.2, 0.25) is 0 Å². The van der Waals surface area contributed by atoms with E-state index in [-0.39, 0.29) is 5.97 Å². The molecule has 0 aromatic heterocycles. The Balaban J connectivity index is 2.53. The van der Waals surface area contributed by atoms with Crippen LogP contribution >= 0.6 is 0 Å². The molecule has 1 rings (SSSR count). The quantitative estimate of drug-likeness (QED) is 0.561. The van der Waals surface area contributed by atoms with Gasteiger partial charge in [0.1, 0.15) is 5.75 Å². The monoisotopic (exact) mass is 293 g/mol. The first-order valence-electron chi connectivity index (χ1n) is 7.59. The van der Waals surface area contributed by atoms with Crippen LogP contribution in [0.4, 0.5) is 0 Å². The van der Waals surface area contributed by atoms with Crippen molar-refractivity contribution in [2.45, 2.75) is 46.6 Å². The molecule has 4 nitrogen and oxygen atoms in total. The Morgan fingerprint density at radius 3 is 2.48 bits per heavy atom. The highest BCUT2D eigenvalue weighted by molar-refractivity contribution is 5.69. The molecule has 0 aliphatic heterocycles. The third-order valence-corrected chi connectivity index (χ3v) is 3.28. The van der Waals surface area contributed by atoms with E-state index in [1.54, 1.807) is 0 Å². The minimum absolute atomic E-state index is 0.190. The van der Waals surface area contributed by atoms with Gasteiger partial charge in [0.25, 0.3) is 0 Å². The highest BCUT2D eigenvalue weighted by Gasteiger charge is 2.07. The van der Waals surface area contributed by atoms with Gasteiger partial charge in [-0.05, 0) is 49.9 Å². The number of hydrogen-bond acceptors (Lipinski definition) is 4. The molecular formula is C17H27NO3. The lowest BCUT2D eigenvalue weighted by Gasteiger charge is -2.14. The standard InChI is InChI=1S/C17H27NO3/c1-5-8-18-12-15-10-13(2)17(14(3)11-15)21-9-6-7-16(19)20-4/h10-11,18H,5-9,12H2,1-4H3. The lowest BCUT2D eigenvalue weighted by atomic mass is 10.1. The van der Waals surface area contributed by atoms with Gasteiger partial charge in [-0.25, -0.2) is 0 Å². The first-order valence-corrected chi connectivity index (χ1v) is 7.59. The number of rotatable bonds is 9. The molecule has 0 amide bonds. The number of carbonyl (C=O) groups is 1. The van der Waals surface area contributed by atoms with Crippen molar-refractivity contribution in [3.63, 3.8) is 0 Å². The lowest BCUT2D eigenvalue weighted by molar-refractivity contribution is -0.140. The molecule has 0 bridgehead atoms. The van der Waals surface area contributed by atoms with Crippen LogP contribution in [0, 0.1) is 13.8 Å². The molecule has 0 aliphatic carbocycles. The van der Waals surface area contributed by atoms with Gasteiger partial charge >= 0.3 is 5.97 Å². The van der Waals surface area contributed by atoms with Crippen molar-refractivity contribution in [1.29, 1.82) is 0 Å². The fourth-order valence-electron chi connectivity index (χ4n) is 2.27. The summed E-state index contributed by atoms with van der Waals surface area (Å²) < 4.78 is 10.4. The number of benzene rings is 1. The van der Waals surface area contributed by atoms with Crippen LogP contribution in [0.25, 0.3) is 0 Å². The minimum Gasteiger partial charge on any atom is -0.493 e. The van der Waals surface area contributed by atoms with E-state index < -0.39 is 0 Å². The molecule has 0 aliphatic rings. The predicted molar refractivity (Wildman–Crippen MR) is 84.7 cm³/mol. The summed E-state index contributed by atoms with van der Waals surface area (Å²) in [5.41, 5.74) is 3.56. The van der Waals surface area contributed by atoms with E-state index in [1.807, 2.05) is 0 Å². The summed E-state index contributed by atoms with van der Waals surface area (Å²) in [5, 5.41) is 3.40. The van der Waals surface area contributed by atoms with Crippen LogP contribution in [-0.4, -0.2) is 26.2 Å². The van der Waals surface area contributed by atoms with Crippen LogP contribution in [0.1, 0.15) is 42.9 Å². The predicted octanol–water partition coefficient (Wildman–Crippen LogP) is 3.14. The molecule has 0 saturated heterocycles. The zero-order valence-corrected chi connectivity index (χ0v) is 13.6. The van der Waals surface area contributed by atoms with Crippen LogP contribution < -0.4 is 10.1 Å². The van der Waals surface area contributed by atoms with Crippen molar-refractivity contribution in [2.75, 3.05) is 20.3 Å². The van der Waals surface area contributed by atoms with Crippen molar-refractivity contribution >= 4 is 5.97 Å². The van der Waals surface area contributed by atoms with E-state index in [9.17, 15) is 4.79 Å². The summed E-state index contributed by atoms with van der Waals surface area (Å²) in [6, 6.07) is 4.32. The summed E-state index contributed by atoms with van der Waals surface area (Å²) in [6.45, 7) is 8.74. The summed E-state index contributed by atoms with van der Waals surface area (Å²) in [5.74, 6) is 0.739. The van der Waals surface area contributed by atoms with Gasteiger partial charge in [-0.15, -0.1) is 0 Å². The molecule has 0 fully saturated rings. The number of carbonyl (C=O) groups excluding carboxylic acids is 1. The van der Waals surface area contributed by atoms with Crippen molar-refractivity contribution in [3.8, 4) is 5.75 Å². The molecule has 0 radical (unpaired) electrons. The van der Waals surface area contributed by atoms with Crippen LogP contribution in [0.5, 0.6) is 5.75 Å². The van der Waals surface area contributed by atoms with Crippen molar-refractivity contribution in [2.24, 2.45) is 0 Å². The zero-order valence-electron chi connectivity index (χ0n) is 13.6. The van der Waals surface area contributed by atoms with Gasteiger partial charge in [-0.2, -0.15) is 0 Å². The van der Waals surface area contributed by atoms with Crippen molar-refractivity contribution < 1.29 is 14.3 Å². The first-order chi connectivity index (χ1) is 10.1. The average molecular weight is 293 g/mol. The van der Waals surface area contributed by atoms with E-state index in [0.717, 1.165) is 36.4 Å². The molecule has 118 valence electrons. The third kappa shape index (κ3) is 6.17. The summed E-state index contributed by atoms with van der Waals surface area (Å²) >= 11 is 0. The van der Waals surface area contributed by atoms with Crippen LogP contribution in [-0.2, 0) is 16.1 Å². The maximum Gasteiger partial charge on any atom is 0.305 e. The molecular weight excluding hydrogens is 266 g/mol. The third-order valence-electron chi connectivity index (χ3n) is 3.28. The number of aryl methyl sites for hydroxylation is 2. The number of methoxy groups -OCH3 is 1. The van der Waals surface area contributed by atoms with Gasteiger partial charge in [0.2, 0.25) is 0 Å². The summed E-state index contributed by atoms with van der Waals surface area (Å²) in [7, 11) is 1.41. The molecule has 21 heavy (non-hydrogen) atoms. The van der Waals surface area contributed by atoms with E-state index >= 15 is 0 Å². The molecule has 0 spiro atoms. The minimum atomic E-state index is -0.190. The smallest absolute Gasteiger partial charge is 0.305 e. The molecule has 1 N–H and O–H groups in total. The van der Waals surface area contributed by atoms with Crippen molar-refractivity contribution in [1.82, 2.24) is 5.32 Å². The van der Waals surface area contributed by atoms with E-state index in [1.165, 1.54) is 12.7 Å². The van der Waals surface area contributed by atoms with Gasteiger partial charge in [-0.1, -0.05) is 19.1 Å². The van der Waals surface area contributed by atoms with Gasteiger partial charge in [-0.3, -0.25) is 4.79 Å². The van der Waals surface area contributed by atoms with Gasteiger partial charge in [0.05, 0.1) is 13.7 Å². The second kappa shape index (κ2) is 9.40. The highest BCUT2D eigenvalue weighted by Crippen LogP contribution is 2.25. The van der Waals surface area contributed by atoms with Gasteiger partial charge in [0.15, 0.2) is 0 Å². The lowest BCUT2D eigenvalue weighted by Crippen LogP contribution is -2.14. The summed E-state index contributed by atoms with van der Waals surface area (Å²) in [4.78, 5) is 11.0. The molecule has 0 heterocycles. The van der Waals surface area contributed by atoms with Crippen molar-refractivity contribution in [3.05, 3.63) is 28.8 Å². The molecule has 0 atom stereocenters. The highest BCUT2D eigenvalue weighted by atomic mass is 16.5. The normalized spacial score (nSPS) is 10.5. The Bertz CT molecular complexity index is 434. The van der Waals surface area contributed by atoms with Crippen LogP contribution in [0.15, 0.2) is 12.1 Å². The molecule has 4 heteroatoms. The summed E-state index contributed by atoms with van der Waals surface area (Å²) in [6.07, 6.45) is 2.21. The van der Waals surface area contributed by atoms with E-state index in [2.05, 4.69) is 43.0 Å². The maximum absolute atomic E-state index is 11.0. The Hall–Kier alpha value is -1.55. The topological polar surface area (TPSA) is 47.6 Å².